The molecule has 3 fully saturated rings. The van der Waals surface area contributed by atoms with Crippen molar-refractivity contribution in [3.8, 4) is 0 Å². The van der Waals surface area contributed by atoms with Gasteiger partial charge in [-0.1, -0.05) is 46.3 Å². The van der Waals surface area contributed by atoms with Gasteiger partial charge in [-0.15, -0.1) is 11.8 Å². The van der Waals surface area contributed by atoms with E-state index in [-0.39, 0.29) is 46.2 Å². The van der Waals surface area contributed by atoms with Crippen LogP contribution in [0.2, 0.25) is 0 Å². The van der Waals surface area contributed by atoms with Gasteiger partial charge in [0.05, 0.1) is 24.9 Å². The van der Waals surface area contributed by atoms with Crippen molar-refractivity contribution in [2.24, 2.45) is 34.5 Å². The van der Waals surface area contributed by atoms with Crippen LogP contribution < -0.4 is 0 Å². The number of fused-ring (bicyclic) bond motifs is 5. The molecule has 8 atom stereocenters. The molecule has 0 radical (unpaired) electrons. The molecule has 0 aromatic heterocycles. The van der Waals surface area contributed by atoms with Crippen molar-refractivity contribution in [3.05, 3.63) is 23.8 Å². The Hall–Kier alpha value is -1.44. The summed E-state index contributed by atoms with van der Waals surface area (Å²) in [5.41, 5.74) is -2.26. The zero-order valence-electron chi connectivity index (χ0n) is 21.1. The minimum Gasteiger partial charge on any atom is -0.469 e. The number of thioether (sulfide) groups is 1. The lowest BCUT2D eigenvalue weighted by molar-refractivity contribution is -0.187. The third kappa shape index (κ3) is 3.65. The van der Waals surface area contributed by atoms with E-state index in [1.165, 1.54) is 18.9 Å². The van der Waals surface area contributed by atoms with Gasteiger partial charge in [0.15, 0.2) is 11.6 Å². The van der Waals surface area contributed by atoms with Crippen molar-refractivity contribution in [2.45, 2.75) is 76.8 Å². The molecule has 2 N–H and O–H groups in total. The fourth-order valence-corrected chi connectivity index (χ4v) is 8.47. The lowest BCUT2D eigenvalue weighted by Crippen LogP contribution is -2.63. The van der Waals surface area contributed by atoms with E-state index in [1.54, 1.807) is 12.2 Å². The molecule has 0 saturated heterocycles. The molecule has 34 heavy (non-hydrogen) atoms. The highest BCUT2D eigenvalue weighted by atomic mass is 32.2. The average molecular weight is 491 g/mol. The van der Waals surface area contributed by atoms with Crippen LogP contribution in [0.5, 0.6) is 0 Å². The van der Waals surface area contributed by atoms with Gasteiger partial charge in [-0.3, -0.25) is 14.4 Å². The quantitative estimate of drug-likeness (QED) is 0.582. The maximum absolute atomic E-state index is 13.7. The summed E-state index contributed by atoms with van der Waals surface area (Å²) < 4.78 is 4.91. The molecule has 188 valence electrons. The van der Waals surface area contributed by atoms with E-state index in [0.717, 1.165) is 18.4 Å². The summed E-state index contributed by atoms with van der Waals surface area (Å²) in [6.45, 7) is 9.99. The number of hydrogen-bond acceptors (Lipinski definition) is 7. The first-order valence-electron chi connectivity index (χ1n) is 12.3. The summed E-state index contributed by atoms with van der Waals surface area (Å²) in [7, 11) is 1.29. The number of hydrogen-bond donors (Lipinski definition) is 2. The highest BCUT2D eigenvalue weighted by molar-refractivity contribution is 8.01. The van der Waals surface area contributed by atoms with Gasteiger partial charge in [0.25, 0.3) is 0 Å². The topological polar surface area (TPSA) is 101 Å². The van der Waals surface area contributed by atoms with E-state index in [0.29, 0.717) is 6.42 Å². The summed E-state index contributed by atoms with van der Waals surface area (Å²) >= 11 is 1.45. The summed E-state index contributed by atoms with van der Waals surface area (Å²) in [5, 5.41) is 23.7. The lowest BCUT2D eigenvalue weighted by Gasteiger charge is -2.59. The molecule has 0 aromatic rings. The highest BCUT2D eigenvalue weighted by Crippen LogP contribution is 2.68. The van der Waals surface area contributed by atoms with E-state index in [2.05, 4.69) is 6.92 Å². The molecule has 6 nitrogen and oxygen atoms in total. The van der Waals surface area contributed by atoms with E-state index >= 15 is 0 Å². The number of allylic oxidation sites excluding steroid dienone is 4. The van der Waals surface area contributed by atoms with Crippen molar-refractivity contribution < 1.29 is 29.3 Å². The molecule has 0 spiro atoms. The first kappa shape index (κ1) is 25.6. The van der Waals surface area contributed by atoms with Gasteiger partial charge in [-0.2, -0.15) is 0 Å². The average Bonchev–Trinajstić information content (AvgIpc) is 2.99. The van der Waals surface area contributed by atoms with Crippen LogP contribution in [0.25, 0.3) is 0 Å². The summed E-state index contributed by atoms with van der Waals surface area (Å²) in [4.78, 5) is 38.6. The Balaban J connectivity index is 1.75. The zero-order valence-corrected chi connectivity index (χ0v) is 21.9. The third-order valence-electron chi connectivity index (χ3n) is 9.30. The van der Waals surface area contributed by atoms with Crippen LogP contribution >= 0.6 is 11.8 Å². The van der Waals surface area contributed by atoms with Crippen LogP contribution in [0, 0.1) is 34.5 Å². The first-order chi connectivity index (χ1) is 15.7. The summed E-state index contributed by atoms with van der Waals surface area (Å²) in [6, 6.07) is 0. The smallest absolute Gasteiger partial charge is 0.312 e. The predicted octanol–water partition coefficient (Wildman–Crippen LogP) is 3.50. The van der Waals surface area contributed by atoms with Crippen molar-refractivity contribution in [1.82, 2.24) is 0 Å². The second-order valence-corrected chi connectivity index (χ2v) is 13.9. The van der Waals surface area contributed by atoms with Crippen LogP contribution in [-0.4, -0.2) is 57.1 Å². The molecule has 0 aliphatic heterocycles. The molecule has 4 aliphatic rings. The molecule has 0 amide bonds. The summed E-state index contributed by atoms with van der Waals surface area (Å²) in [5.74, 6) is -2.07. The Bertz CT molecular complexity index is 963. The molecule has 3 saturated carbocycles. The number of aliphatic hydroxyl groups is 2. The van der Waals surface area contributed by atoms with Gasteiger partial charge in [0.1, 0.15) is 5.60 Å². The number of carbonyl (C=O) groups excluding carboxylic acids is 3. The Labute approximate surface area is 206 Å². The van der Waals surface area contributed by atoms with E-state index in [4.69, 9.17) is 4.74 Å². The number of ether oxygens (including phenoxy) is 1. The number of esters is 1. The molecule has 7 heteroatoms. The molecular weight excluding hydrogens is 452 g/mol. The van der Waals surface area contributed by atoms with Crippen LogP contribution in [0.15, 0.2) is 23.8 Å². The van der Waals surface area contributed by atoms with Gasteiger partial charge in [0.2, 0.25) is 0 Å². The van der Waals surface area contributed by atoms with Gasteiger partial charge >= 0.3 is 5.97 Å². The van der Waals surface area contributed by atoms with Gasteiger partial charge in [0, 0.05) is 21.5 Å². The number of rotatable bonds is 4. The Morgan fingerprint density at radius 1 is 1.26 bits per heavy atom. The third-order valence-corrected chi connectivity index (χ3v) is 10.6. The van der Waals surface area contributed by atoms with E-state index in [1.807, 2.05) is 33.8 Å². The van der Waals surface area contributed by atoms with Crippen molar-refractivity contribution in [3.63, 3.8) is 0 Å². The normalized spacial score (nSPS) is 43.5. The molecule has 1 unspecified atom stereocenters. The van der Waals surface area contributed by atoms with Gasteiger partial charge < -0.3 is 14.9 Å². The predicted molar refractivity (Wildman–Crippen MR) is 131 cm³/mol. The fraction of sp³-hybridized carbons (Fsp3) is 0.741. The monoisotopic (exact) mass is 490 g/mol. The molecule has 0 aromatic carbocycles. The second kappa shape index (κ2) is 8.31. The number of aliphatic hydroxyl groups excluding tert-OH is 1. The van der Waals surface area contributed by atoms with E-state index in [9.17, 15) is 24.6 Å². The van der Waals surface area contributed by atoms with Crippen molar-refractivity contribution in [2.75, 3.05) is 12.9 Å². The van der Waals surface area contributed by atoms with Crippen LogP contribution in [0.1, 0.15) is 60.3 Å². The highest BCUT2D eigenvalue weighted by Gasteiger charge is 2.73. The Kier molecular flexibility index (Phi) is 6.27. The molecule has 4 rings (SSSR count). The Morgan fingerprint density at radius 2 is 1.94 bits per heavy atom. The molecule has 0 heterocycles. The fourth-order valence-electron chi connectivity index (χ4n) is 7.68. The molecule has 0 bridgehead atoms. The standard InChI is InChI=1S/C27H38O6S/c1-24(2,3)34-14-21(30)27(32)19(23(31)33-6)12-18-17-8-7-15-11-16(28)9-10-25(15,4)22(17)20(29)13-26(18,27)5/h9-11,17-20,22,29,32H,7-8,12-14H2,1-6H3/t17-,18-,19?,20-,22+,25-,26-,27-/m0/s1. The van der Waals surface area contributed by atoms with Gasteiger partial charge in [-0.25, -0.2) is 0 Å². The maximum Gasteiger partial charge on any atom is 0.312 e. The summed E-state index contributed by atoms with van der Waals surface area (Å²) in [6.07, 6.45) is 6.49. The molecular formula is C27H38O6S. The lowest BCUT2D eigenvalue weighted by atomic mass is 9.46. The zero-order chi connectivity index (χ0) is 25.3. The van der Waals surface area contributed by atoms with Crippen LogP contribution in [-0.2, 0) is 19.1 Å². The maximum atomic E-state index is 13.7. The SMILES string of the molecule is COC(=O)C1C[C@H]2[C@@H]3CCC4=CC(=O)C=C[C@]4(C)[C@H]3[C@@H](O)C[C@]2(C)[C@@]1(O)C(=O)CSC(C)(C)C. The van der Waals surface area contributed by atoms with Gasteiger partial charge in [-0.05, 0) is 49.7 Å². The molecule has 4 aliphatic carbocycles. The Morgan fingerprint density at radius 3 is 2.56 bits per heavy atom. The largest absolute Gasteiger partial charge is 0.469 e. The number of methoxy groups -OCH3 is 1. The first-order valence-corrected chi connectivity index (χ1v) is 13.3. The minimum absolute atomic E-state index is 0.0120. The van der Waals surface area contributed by atoms with Crippen molar-refractivity contribution >= 4 is 29.3 Å². The number of Topliss-reactive ketones (excluding diaryl/α,β-unsaturated/α-hetero) is 1. The van der Waals surface area contributed by atoms with Crippen LogP contribution in [0.4, 0.5) is 0 Å². The van der Waals surface area contributed by atoms with Crippen molar-refractivity contribution in [1.29, 1.82) is 0 Å². The number of carbonyl (C=O) groups is 3. The minimum atomic E-state index is -1.90. The van der Waals surface area contributed by atoms with Crippen LogP contribution in [0.3, 0.4) is 0 Å². The van der Waals surface area contributed by atoms with E-state index < -0.39 is 34.4 Å². The second-order valence-electron chi connectivity index (χ2n) is 12.1. The number of ketones is 2.